The number of nitrogens with two attached hydrogens (primary N) is 2. The Morgan fingerprint density at radius 2 is 1.51 bits per heavy atom. The van der Waals surface area contributed by atoms with Gasteiger partial charge in [-0.15, -0.1) is 0 Å². The molecule has 35 heavy (non-hydrogen) atoms. The van der Waals surface area contributed by atoms with Crippen LogP contribution in [-0.2, 0) is 30.4 Å². The van der Waals surface area contributed by atoms with Crippen molar-refractivity contribution in [1.29, 1.82) is 0 Å². The second-order valence-electron chi connectivity index (χ2n) is 7.85. The Morgan fingerprint density at radius 3 is 2.00 bits per heavy atom. The summed E-state index contributed by atoms with van der Waals surface area (Å²) in [6, 6.07) is 0.364. The molecule has 0 aliphatic rings. The fraction of sp³-hybridized carbons (Fsp3) is 0.476. The minimum atomic E-state index is -1.65. The van der Waals surface area contributed by atoms with E-state index in [2.05, 4.69) is 28.6 Å². The van der Waals surface area contributed by atoms with E-state index in [1.807, 2.05) is 0 Å². The van der Waals surface area contributed by atoms with E-state index in [0.717, 1.165) is 0 Å². The van der Waals surface area contributed by atoms with Gasteiger partial charge in [0.2, 0.25) is 23.6 Å². The maximum atomic E-state index is 13.0. The smallest absolute Gasteiger partial charge is 0.328 e. The summed E-state index contributed by atoms with van der Waals surface area (Å²) in [4.78, 5) is 60.7. The van der Waals surface area contributed by atoms with Gasteiger partial charge >= 0.3 is 5.97 Å². The van der Waals surface area contributed by atoms with Gasteiger partial charge < -0.3 is 42.7 Å². The minimum Gasteiger partial charge on any atom is -0.508 e. The number of carboxylic acid groups (broad SMARTS) is 1. The number of carboxylic acids is 1. The topological polar surface area (TPSA) is 234 Å². The first-order valence-electron chi connectivity index (χ1n) is 10.6. The Hall–Kier alpha value is -3.36. The number of thiol groups is 1. The molecule has 5 atom stereocenters. The summed E-state index contributed by atoms with van der Waals surface area (Å²) < 4.78 is 0. The van der Waals surface area contributed by atoms with Crippen LogP contribution in [0.1, 0.15) is 25.3 Å². The van der Waals surface area contributed by atoms with E-state index in [-0.39, 0.29) is 30.8 Å². The first-order chi connectivity index (χ1) is 16.3. The number of amides is 4. The van der Waals surface area contributed by atoms with Crippen LogP contribution in [-0.4, -0.2) is 80.9 Å². The summed E-state index contributed by atoms with van der Waals surface area (Å²) in [7, 11) is 0. The molecule has 0 fully saturated rings. The molecule has 0 aliphatic carbocycles. The van der Waals surface area contributed by atoms with Crippen molar-refractivity contribution in [1.82, 2.24) is 16.0 Å². The van der Waals surface area contributed by atoms with Crippen LogP contribution in [0.4, 0.5) is 0 Å². The summed E-state index contributed by atoms with van der Waals surface area (Å²) in [5.74, 6) is -4.76. The molecule has 0 saturated heterocycles. The molecule has 1 rings (SSSR count). The lowest BCUT2D eigenvalue weighted by molar-refractivity contribution is -0.145. The number of hydrogen-bond donors (Lipinski definition) is 9. The zero-order valence-electron chi connectivity index (χ0n) is 19.0. The zero-order chi connectivity index (χ0) is 26.7. The van der Waals surface area contributed by atoms with Crippen LogP contribution in [0.3, 0.4) is 0 Å². The standard InChI is InChI=1S/C21H31N5O8S/c1-10(27)17(21(33)34)26-20(32)15(8-11-2-4-12(28)5-3-11)25-19(31)14(6-7-16(23)29)24-18(30)13(22)9-35/h2-5,10,13-15,17,27-28,35H,6-9,22H2,1H3,(H2,23,29)(H,24,30)(H,25,31)(H,26,32)(H,33,34). The van der Waals surface area contributed by atoms with Gasteiger partial charge in [-0.05, 0) is 31.0 Å². The van der Waals surface area contributed by atoms with Crippen LogP contribution in [0.5, 0.6) is 5.75 Å². The van der Waals surface area contributed by atoms with E-state index in [1.54, 1.807) is 0 Å². The van der Waals surface area contributed by atoms with E-state index in [1.165, 1.54) is 31.2 Å². The molecule has 4 amide bonds. The molecule has 0 aromatic heterocycles. The van der Waals surface area contributed by atoms with Crippen LogP contribution < -0.4 is 27.4 Å². The molecule has 1 aromatic rings. The highest BCUT2D eigenvalue weighted by molar-refractivity contribution is 7.80. The zero-order valence-corrected chi connectivity index (χ0v) is 19.9. The lowest BCUT2D eigenvalue weighted by Crippen LogP contribution is -2.59. The molecule has 0 spiro atoms. The molecule has 0 heterocycles. The average molecular weight is 514 g/mol. The highest BCUT2D eigenvalue weighted by Gasteiger charge is 2.32. The molecule has 14 heteroatoms. The highest BCUT2D eigenvalue weighted by atomic mass is 32.1. The third-order valence-corrected chi connectivity index (χ3v) is 5.29. The molecule has 13 nitrogen and oxygen atoms in total. The number of aromatic hydroxyl groups is 1. The van der Waals surface area contributed by atoms with Gasteiger partial charge in [0.15, 0.2) is 6.04 Å². The quantitative estimate of drug-likeness (QED) is 0.118. The molecule has 0 bridgehead atoms. The number of phenolic OH excluding ortho intramolecular Hbond substituents is 1. The lowest BCUT2D eigenvalue weighted by Gasteiger charge is -2.25. The SMILES string of the molecule is CC(O)C(NC(=O)C(Cc1ccc(O)cc1)NC(=O)C(CCC(N)=O)NC(=O)C(N)CS)C(=O)O. The van der Waals surface area contributed by atoms with E-state index >= 15 is 0 Å². The van der Waals surface area contributed by atoms with Crippen molar-refractivity contribution in [3.8, 4) is 5.75 Å². The molecule has 5 unspecified atom stereocenters. The Kier molecular flexibility index (Phi) is 12.0. The number of carbonyl (C=O) groups excluding carboxylic acids is 4. The first-order valence-corrected chi connectivity index (χ1v) is 11.2. The van der Waals surface area contributed by atoms with Crippen molar-refractivity contribution in [3.05, 3.63) is 29.8 Å². The fourth-order valence-corrected chi connectivity index (χ4v) is 3.07. The maximum absolute atomic E-state index is 13.0. The Labute approximate surface area is 207 Å². The Balaban J connectivity index is 3.17. The van der Waals surface area contributed by atoms with Crippen molar-refractivity contribution in [2.24, 2.45) is 11.5 Å². The summed E-state index contributed by atoms with van der Waals surface area (Å²) in [5.41, 5.74) is 11.3. The third-order valence-electron chi connectivity index (χ3n) is 4.90. The largest absolute Gasteiger partial charge is 0.508 e. The molecular formula is C21H31N5O8S. The normalized spacial score (nSPS) is 15.1. The van der Waals surface area contributed by atoms with E-state index in [9.17, 15) is 39.3 Å². The van der Waals surface area contributed by atoms with Gasteiger partial charge in [-0.2, -0.15) is 12.6 Å². The van der Waals surface area contributed by atoms with Crippen molar-refractivity contribution < 1.29 is 39.3 Å². The number of nitrogens with one attached hydrogen (secondary N) is 3. The van der Waals surface area contributed by atoms with Crippen LogP contribution >= 0.6 is 12.6 Å². The second kappa shape index (κ2) is 14.1. The average Bonchev–Trinajstić information content (AvgIpc) is 2.79. The number of aliphatic hydroxyl groups is 1. The van der Waals surface area contributed by atoms with E-state index in [4.69, 9.17) is 11.5 Å². The molecule has 0 radical (unpaired) electrons. The molecule has 1 aromatic carbocycles. The van der Waals surface area contributed by atoms with Crippen LogP contribution in [0.2, 0.25) is 0 Å². The number of benzene rings is 1. The summed E-state index contributed by atoms with van der Waals surface area (Å²) >= 11 is 3.92. The lowest BCUT2D eigenvalue weighted by atomic mass is 10.0. The Morgan fingerprint density at radius 1 is 0.971 bits per heavy atom. The predicted octanol–water partition coefficient (Wildman–Crippen LogP) is -2.62. The number of hydrogen-bond acceptors (Lipinski definition) is 9. The van der Waals surface area contributed by atoms with Gasteiger partial charge in [-0.1, -0.05) is 12.1 Å². The first kappa shape index (κ1) is 29.7. The molecular weight excluding hydrogens is 482 g/mol. The van der Waals surface area contributed by atoms with Crippen molar-refractivity contribution in [3.63, 3.8) is 0 Å². The van der Waals surface area contributed by atoms with Gasteiger partial charge in [0.25, 0.3) is 0 Å². The monoisotopic (exact) mass is 513 g/mol. The van der Waals surface area contributed by atoms with Crippen molar-refractivity contribution in [2.45, 2.75) is 56.5 Å². The van der Waals surface area contributed by atoms with Gasteiger partial charge in [0, 0.05) is 18.6 Å². The number of primary amides is 1. The number of carbonyl (C=O) groups is 5. The second-order valence-corrected chi connectivity index (χ2v) is 8.22. The van der Waals surface area contributed by atoms with E-state index < -0.39 is 59.9 Å². The van der Waals surface area contributed by atoms with Crippen LogP contribution in [0.25, 0.3) is 0 Å². The van der Waals surface area contributed by atoms with Gasteiger partial charge in [-0.3, -0.25) is 19.2 Å². The number of aliphatic hydroxyl groups excluding tert-OH is 1. The predicted molar refractivity (Wildman–Crippen MR) is 127 cm³/mol. The number of aliphatic carboxylic acids is 1. The van der Waals surface area contributed by atoms with Crippen molar-refractivity contribution in [2.75, 3.05) is 5.75 Å². The van der Waals surface area contributed by atoms with Crippen molar-refractivity contribution >= 4 is 42.2 Å². The Bertz CT molecular complexity index is 911. The molecule has 194 valence electrons. The number of phenols is 1. The van der Waals surface area contributed by atoms with E-state index in [0.29, 0.717) is 5.56 Å². The third kappa shape index (κ3) is 10.2. The summed E-state index contributed by atoms with van der Waals surface area (Å²) in [5, 5.41) is 35.4. The summed E-state index contributed by atoms with van der Waals surface area (Å²) in [6.07, 6.45) is -2.01. The maximum Gasteiger partial charge on any atom is 0.328 e. The van der Waals surface area contributed by atoms with Crippen LogP contribution in [0, 0.1) is 0 Å². The molecule has 10 N–H and O–H groups in total. The molecule has 0 aliphatic heterocycles. The van der Waals surface area contributed by atoms with Gasteiger partial charge in [0.05, 0.1) is 12.1 Å². The van der Waals surface area contributed by atoms with Gasteiger partial charge in [-0.25, -0.2) is 4.79 Å². The van der Waals surface area contributed by atoms with Crippen LogP contribution in [0.15, 0.2) is 24.3 Å². The summed E-state index contributed by atoms with van der Waals surface area (Å²) in [6.45, 7) is 1.17. The number of rotatable bonds is 14. The van der Waals surface area contributed by atoms with Gasteiger partial charge in [0.1, 0.15) is 17.8 Å². The fourth-order valence-electron chi connectivity index (χ4n) is 2.91. The highest BCUT2D eigenvalue weighted by Crippen LogP contribution is 2.12. The minimum absolute atomic E-state index is 0.0161. The molecule has 0 saturated carbocycles.